The molecular formula is C26H44O2. The first-order chi connectivity index (χ1) is 13.2. The molecule has 0 bridgehead atoms. The third kappa shape index (κ3) is 3.56. The lowest BCUT2D eigenvalue weighted by atomic mass is 9.44. The molecule has 0 aliphatic heterocycles. The standard InChI is InChI=1S/C24H38O2.C2H6/c1-6-16-10-11-18-21-19(12-14-24(16,18)5)23(4)13-8-7-9-17(23)15-20(21)26-22(2,3)25;1-2/h1,16-21,25H,7-15H2,2-5H3;1-2H3. The second kappa shape index (κ2) is 7.96. The van der Waals surface area contributed by atoms with Crippen molar-refractivity contribution in [2.75, 3.05) is 0 Å². The van der Waals surface area contributed by atoms with E-state index in [4.69, 9.17) is 11.2 Å². The lowest BCUT2D eigenvalue weighted by Gasteiger charge is -2.62. The molecule has 4 rings (SSSR count). The Morgan fingerprint density at radius 1 is 0.964 bits per heavy atom. The molecule has 0 saturated heterocycles. The summed E-state index contributed by atoms with van der Waals surface area (Å²) in [5.74, 6) is 5.25. The molecule has 0 aromatic carbocycles. The van der Waals surface area contributed by atoms with Crippen LogP contribution in [0.4, 0.5) is 0 Å². The van der Waals surface area contributed by atoms with E-state index in [1.165, 1.54) is 51.4 Å². The zero-order chi connectivity index (χ0) is 20.7. The van der Waals surface area contributed by atoms with Crippen LogP contribution in [0.1, 0.15) is 99.3 Å². The average molecular weight is 389 g/mol. The van der Waals surface area contributed by atoms with E-state index < -0.39 is 5.79 Å². The predicted molar refractivity (Wildman–Crippen MR) is 117 cm³/mol. The molecule has 4 aliphatic rings. The summed E-state index contributed by atoms with van der Waals surface area (Å²) in [6, 6.07) is 0. The van der Waals surface area contributed by atoms with Crippen molar-refractivity contribution >= 4 is 0 Å². The van der Waals surface area contributed by atoms with Crippen molar-refractivity contribution in [1.82, 2.24) is 0 Å². The maximum atomic E-state index is 10.5. The van der Waals surface area contributed by atoms with Gasteiger partial charge in [-0.15, -0.1) is 12.3 Å². The highest BCUT2D eigenvalue weighted by molar-refractivity contribution is 5.15. The second-order valence-corrected chi connectivity index (χ2v) is 10.9. The molecule has 4 aliphatic carbocycles. The van der Waals surface area contributed by atoms with Crippen LogP contribution in [-0.4, -0.2) is 17.0 Å². The molecule has 0 heterocycles. The van der Waals surface area contributed by atoms with Crippen molar-refractivity contribution in [2.45, 2.75) is 111 Å². The van der Waals surface area contributed by atoms with Gasteiger partial charge in [-0.25, -0.2) is 0 Å². The molecule has 8 atom stereocenters. The number of hydrogen-bond acceptors (Lipinski definition) is 2. The molecule has 28 heavy (non-hydrogen) atoms. The van der Waals surface area contributed by atoms with Crippen LogP contribution in [-0.2, 0) is 4.74 Å². The van der Waals surface area contributed by atoms with Gasteiger partial charge in [-0.2, -0.15) is 0 Å². The SMILES string of the molecule is C#CC1CCC2C3C(OC(C)(C)O)CC4CCCCC4(C)C3CCC12C.CC. The molecule has 1 N–H and O–H groups in total. The van der Waals surface area contributed by atoms with Gasteiger partial charge in [-0.3, -0.25) is 0 Å². The van der Waals surface area contributed by atoms with E-state index in [0.29, 0.717) is 23.2 Å². The van der Waals surface area contributed by atoms with Crippen LogP contribution in [0.15, 0.2) is 0 Å². The van der Waals surface area contributed by atoms with Gasteiger partial charge in [0.2, 0.25) is 0 Å². The molecule has 2 nitrogen and oxygen atoms in total. The summed E-state index contributed by atoms with van der Waals surface area (Å²) < 4.78 is 6.37. The van der Waals surface area contributed by atoms with E-state index in [9.17, 15) is 5.11 Å². The highest BCUT2D eigenvalue weighted by Gasteiger charge is 2.62. The van der Waals surface area contributed by atoms with Crippen LogP contribution < -0.4 is 0 Å². The quantitative estimate of drug-likeness (QED) is 0.437. The van der Waals surface area contributed by atoms with Gasteiger partial charge in [0, 0.05) is 5.92 Å². The zero-order valence-electron chi connectivity index (χ0n) is 19.3. The number of aliphatic hydroxyl groups is 1. The summed E-state index contributed by atoms with van der Waals surface area (Å²) in [5, 5.41) is 10.5. The molecule has 0 spiro atoms. The van der Waals surface area contributed by atoms with Crippen LogP contribution in [0, 0.1) is 52.8 Å². The molecule has 8 unspecified atom stereocenters. The number of ether oxygens (including phenoxy) is 1. The van der Waals surface area contributed by atoms with E-state index in [2.05, 4.69) is 19.8 Å². The Kier molecular flexibility index (Phi) is 6.30. The lowest BCUT2D eigenvalue weighted by molar-refractivity contribution is -0.263. The van der Waals surface area contributed by atoms with Gasteiger partial charge < -0.3 is 9.84 Å². The molecule has 0 aromatic rings. The van der Waals surface area contributed by atoms with Gasteiger partial charge in [0.05, 0.1) is 6.10 Å². The first-order valence-corrected chi connectivity index (χ1v) is 12.1. The minimum absolute atomic E-state index is 0.192. The van der Waals surface area contributed by atoms with E-state index in [0.717, 1.165) is 18.3 Å². The zero-order valence-corrected chi connectivity index (χ0v) is 19.3. The number of rotatable bonds is 2. The Hall–Kier alpha value is -0.520. The lowest BCUT2D eigenvalue weighted by Crippen LogP contribution is -2.59. The fourth-order valence-electron chi connectivity index (χ4n) is 8.00. The van der Waals surface area contributed by atoms with Gasteiger partial charge in [0.1, 0.15) is 0 Å². The molecular weight excluding hydrogens is 344 g/mol. The topological polar surface area (TPSA) is 29.5 Å². The molecule has 2 heteroatoms. The monoisotopic (exact) mass is 388 g/mol. The van der Waals surface area contributed by atoms with Crippen LogP contribution in [0.25, 0.3) is 0 Å². The number of hydrogen-bond donors (Lipinski definition) is 1. The first kappa shape index (κ1) is 22.2. The fraction of sp³-hybridized carbons (Fsp3) is 0.923. The Bertz CT molecular complexity index is 584. The van der Waals surface area contributed by atoms with Crippen molar-refractivity contribution < 1.29 is 9.84 Å². The third-order valence-electron chi connectivity index (χ3n) is 9.22. The summed E-state index contributed by atoms with van der Waals surface area (Å²) in [5.41, 5.74) is 0.743. The van der Waals surface area contributed by atoms with Crippen molar-refractivity contribution in [3.8, 4) is 12.3 Å². The highest BCUT2D eigenvalue weighted by atomic mass is 16.6. The van der Waals surface area contributed by atoms with Crippen molar-refractivity contribution in [3.05, 3.63) is 0 Å². The molecule has 0 amide bonds. The third-order valence-corrected chi connectivity index (χ3v) is 9.22. The highest BCUT2D eigenvalue weighted by Crippen LogP contribution is 2.67. The Morgan fingerprint density at radius 3 is 2.29 bits per heavy atom. The van der Waals surface area contributed by atoms with E-state index in [1.54, 1.807) is 13.8 Å². The Balaban J connectivity index is 0.00000109. The average Bonchev–Trinajstić information content (AvgIpc) is 2.99. The molecule has 4 fully saturated rings. The minimum Gasteiger partial charge on any atom is -0.366 e. The Labute approximate surface area is 174 Å². The number of fused-ring (bicyclic) bond motifs is 5. The van der Waals surface area contributed by atoms with Crippen LogP contribution in [0.3, 0.4) is 0 Å². The van der Waals surface area contributed by atoms with E-state index in [-0.39, 0.29) is 11.5 Å². The summed E-state index contributed by atoms with van der Waals surface area (Å²) in [6.45, 7) is 12.7. The van der Waals surface area contributed by atoms with Crippen LogP contribution in [0.2, 0.25) is 0 Å². The normalized spacial score (nSPS) is 47.6. The van der Waals surface area contributed by atoms with Gasteiger partial charge in [-0.1, -0.05) is 40.5 Å². The summed E-state index contributed by atoms with van der Waals surface area (Å²) in [6.07, 6.45) is 17.8. The van der Waals surface area contributed by atoms with Crippen molar-refractivity contribution in [1.29, 1.82) is 0 Å². The first-order valence-electron chi connectivity index (χ1n) is 12.1. The van der Waals surface area contributed by atoms with Crippen LogP contribution >= 0.6 is 0 Å². The Morgan fingerprint density at radius 2 is 1.64 bits per heavy atom. The van der Waals surface area contributed by atoms with Gasteiger partial charge in [-0.05, 0) is 93.3 Å². The van der Waals surface area contributed by atoms with Crippen molar-refractivity contribution in [3.63, 3.8) is 0 Å². The molecule has 4 saturated carbocycles. The summed E-state index contributed by atoms with van der Waals surface area (Å²) >= 11 is 0. The van der Waals surface area contributed by atoms with E-state index in [1.807, 2.05) is 13.8 Å². The van der Waals surface area contributed by atoms with Gasteiger partial charge in [0.15, 0.2) is 5.79 Å². The largest absolute Gasteiger partial charge is 0.366 e. The van der Waals surface area contributed by atoms with Crippen LogP contribution in [0.5, 0.6) is 0 Å². The summed E-state index contributed by atoms with van der Waals surface area (Å²) in [4.78, 5) is 0. The molecule has 160 valence electrons. The molecule has 0 aromatic heterocycles. The van der Waals surface area contributed by atoms with Gasteiger partial charge in [0.25, 0.3) is 0 Å². The smallest absolute Gasteiger partial charge is 0.160 e. The fourth-order valence-corrected chi connectivity index (χ4v) is 8.00. The predicted octanol–water partition coefficient (Wildman–Crippen LogP) is 6.42. The molecule has 0 radical (unpaired) electrons. The van der Waals surface area contributed by atoms with Crippen molar-refractivity contribution in [2.24, 2.45) is 40.4 Å². The summed E-state index contributed by atoms with van der Waals surface area (Å²) in [7, 11) is 0. The maximum Gasteiger partial charge on any atom is 0.160 e. The minimum atomic E-state index is -1.05. The van der Waals surface area contributed by atoms with Gasteiger partial charge >= 0.3 is 0 Å². The van der Waals surface area contributed by atoms with E-state index >= 15 is 0 Å². The second-order valence-electron chi connectivity index (χ2n) is 10.9. The maximum absolute atomic E-state index is 10.5. The number of terminal acetylenes is 1.